The molecule has 2 heterocycles. The van der Waals surface area contributed by atoms with E-state index in [9.17, 15) is 9.59 Å². The molecule has 2 aromatic carbocycles. The van der Waals surface area contributed by atoms with Crippen molar-refractivity contribution in [3.63, 3.8) is 0 Å². The Bertz CT molecular complexity index is 817. The maximum atomic E-state index is 12.9. The average molecular weight is 475 g/mol. The third kappa shape index (κ3) is 4.07. The minimum absolute atomic E-state index is 0.0854. The number of halogens is 1. The number of hydrogen-bond acceptors (Lipinski definition) is 4. The number of carbonyl (C=O) groups is 2. The Kier molecular flexibility index (Phi) is 5.56. The highest BCUT2D eigenvalue weighted by atomic mass is 127. The Labute approximate surface area is 173 Å². The van der Waals surface area contributed by atoms with Crippen molar-refractivity contribution < 1.29 is 9.59 Å². The summed E-state index contributed by atoms with van der Waals surface area (Å²) in [6.45, 7) is 4.39. The summed E-state index contributed by atoms with van der Waals surface area (Å²) in [4.78, 5) is 31.4. The maximum absolute atomic E-state index is 12.9. The van der Waals surface area contributed by atoms with Crippen LogP contribution in [0.5, 0.6) is 0 Å². The van der Waals surface area contributed by atoms with E-state index in [4.69, 9.17) is 0 Å². The van der Waals surface area contributed by atoms with E-state index >= 15 is 0 Å². The van der Waals surface area contributed by atoms with Crippen LogP contribution in [-0.2, 0) is 16.1 Å². The predicted molar refractivity (Wildman–Crippen MR) is 113 cm³/mol. The molecule has 6 heteroatoms. The smallest absolute Gasteiger partial charge is 0.251 e. The Morgan fingerprint density at radius 3 is 2.22 bits per heavy atom. The number of amides is 2. The summed E-state index contributed by atoms with van der Waals surface area (Å²) in [5, 5.41) is 0. The van der Waals surface area contributed by atoms with Crippen molar-refractivity contribution in [1.29, 1.82) is 0 Å². The molecule has 2 aliphatic heterocycles. The minimum Gasteiger partial charge on any atom is -0.297 e. The van der Waals surface area contributed by atoms with Crippen molar-refractivity contribution in [3.8, 4) is 0 Å². The third-order valence-corrected chi connectivity index (χ3v) is 6.02. The molecule has 2 aromatic rings. The van der Waals surface area contributed by atoms with E-state index in [1.165, 1.54) is 10.5 Å². The summed E-state index contributed by atoms with van der Waals surface area (Å²) >= 11 is 2.22. The van der Waals surface area contributed by atoms with Gasteiger partial charge in [0.25, 0.3) is 5.91 Å². The Morgan fingerprint density at radius 2 is 1.56 bits per heavy atom. The van der Waals surface area contributed by atoms with E-state index in [-0.39, 0.29) is 24.3 Å². The van der Waals surface area contributed by atoms with Gasteiger partial charge in [0.05, 0.1) is 18.2 Å². The molecule has 4 rings (SSSR count). The second-order valence-corrected chi connectivity index (χ2v) is 8.31. The molecule has 0 spiro atoms. The van der Waals surface area contributed by atoms with Gasteiger partial charge in [-0.15, -0.1) is 0 Å². The topological polar surface area (TPSA) is 43.9 Å². The van der Waals surface area contributed by atoms with Crippen molar-refractivity contribution in [2.24, 2.45) is 0 Å². The SMILES string of the molecule is O=C1C[C@H](N2CCN(Cc3ccccc3)CC2)C(=O)N1c1ccc(I)cc1. The Morgan fingerprint density at radius 1 is 0.889 bits per heavy atom. The molecule has 2 fully saturated rings. The first-order valence-electron chi connectivity index (χ1n) is 9.24. The fourth-order valence-electron chi connectivity index (χ4n) is 3.84. The van der Waals surface area contributed by atoms with Crippen LogP contribution in [-0.4, -0.2) is 53.8 Å². The number of piperazine rings is 1. The number of imide groups is 1. The predicted octanol–water partition coefficient (Wildman–Crippen LogP) is 2.74. The highest BCUT2D eigenvalue weighted by Gasteiger charge is 2.43. The summed E-state index contributed by atoms with van der Waals surface area (Å²) in [5.41, 5.74) is 1.98. The molecule has 0 aliphatic carbocycles. The number of rotatable bonds is 4. The molecule has 5 nitrogen and oxygen atoms in total. The van der Waals surface area contributed by atoms with Gasteiger partial charge in [0.2, 0.25) is 5.91 Å². The van der Waals surface area contributed by atoms with Gasteiger partial charge in [-0.2, -0.15) is 0 Å². The minimum atomic E-state index is -0.323. The van der Waals surface area contributed by atoms with Crippen LogP contribution in [0.15, 0.2) is 54.6 Å². The van der Waals surface area contributed by atoms with E-state index in [2.05, 4.69) is 56.7 Å². The monoisotopic (exact) mass is 475 g/mol. The first-order chi connectivity index (χ1) is 13.1. The first-order valence-corrected chi connectivity index (χ1v) is 10.3. The van der Waals surface area contributed by atoms with Crippen LogP contribution in [0.2, 0.25) is 0 Å². The summed E-state index contributed by atoms with van der Waals surface area (Å²) in [6, 6.07) is 17.7. The van der Waals surface area contributed by atoms with E-state index in [0.717, 1.165) is 36.3 Å². The molecule has 2 aliphatic rings. The van der Waals surface area contributed by atoms with Crippen LogP contribution < -0.4 is 4.90 Å². The zero-order valence-electron chi connectivity index (χ0n) is 15.1. The molecule has 0 aromatic heterocycles. The fraction of sp³-hybridized carbons (Fsp3) is 0.333. The van der Waals surface area contributed by atoms with Gasteiger partial charge in [0.1, 0.15) is 0 Å². The third-order valence-electron chi connectivity index (χ3n) is 5.30. The molecular formula is C21H22IN3O2. The van der Waals surface area contributed by atoms with E-state index in [0.29, 0.717) is 5.69 Å². The van der Waals surface area contributed by atoms with Gasteiger partial charge in [-0.1, -0.05) is 30.3 Å². The zero-order valence-corrected chi connectivity index (χ0v) is 17.2. The van der Waals surface area contributed by atoms with Gasteiger partial charge < -0.3 is 0 Å². The number of carbonyl (C=O) groups excluding carboxylic acids is 2. The lowest BCUT2D eigenvalue weighted by atomic mass is 10.1. The summed E-state index contributed by atoms with van der Waals surface area (Å²) in [6.07, 6.45) is 0.281. The molecule has 0 radical (unpaired) electrons. The van der Waals surface area contributed by atoms with Crippen LogP contribution in [0, 0.1) is 3.57 Å². The van der Waals surface area contributed by atoms with E-state index in [1.54, 1.807) is 0 Å². The van der Waals surface area contributed by atoms with Gasteiger partial charge in [-0.25, -0.2) is 4.90 Å². The molecule has 0 N–H and O–H groups in total. The van der Waals surface area contributed by atoms with Crippen molar-refractivity contribution in [1.82, 2.24) is 9.80 Å². The standard InChI is InChI=1S/C21H22IN3O2/c22-17-6-8-18(9-7-17)25-20(26)14-19(21(25)27)24-12-10-23(11-13-24)15-16-4-2-1-3-5-16/h1-9,19H,10-15H2/t19-/m0/s1. The average Bonchev–Trinajstić information content (AvgIpc) is 2.98. The van der Waals surface area contributed by atoms with Gasteiger partial charge in [0.15, 0.2) is 0 Å². The second-order valence-electron chi connectivity index (χ2n) is 7.06. The summed E-state index contributed by atoms with van der Waals surface area (Å²) in [5.74, 6) is -0.185. The van der Waals surface area contributed by atoms with Crippen LogP contribution in [0.4, 0.5) is 5.69 Å². The number of nitrogens with zero attached hydrogens (tertiary/aromatic N) is 3. The largest absolute Gasteiger partial charge is 0.297 e. The van der Waals surface area contributed by atoms with Crippen LogP contribution in [0.3, 0.4) is 0 Å². The molecule has 0 saturated carbocycles. The van der Waals surface area contributed by atoms with Crippen LogP contribution in [0.1, 0.15) is 12.0 Å². The lowest BCUT2D eigenvalue weighted by Gasteiger charge is -2.37. The lowest BCUT2D eigenvalue weighted by molar-refractivity contribution is -0.123. The van der Waals surface area contributed by atoms with Crippen molar-refractivity contribution >= 4 is 40.1 Å². The normalized spacial score (nSPS) is 21.8. The summed E-state index contributed by atoms with van der Waals surface area (Å²) < 4.78 is 1.08. The number of hydrogen-bond donors (Lipinski definition) is 0. The van der Waals surface area contributed by atoms with E-state index < -0.39 is 0 Å². The number of anilines is 1. The molecule has 2 saturated heterocycles. The van der Waals surface area contributed by atoms with Crippen LogP contribution in [0.25, 0.3) is 0 Å². The Hall–Kier alpha value is -1.77. The molecular weight excluding hydrogens is 453 g/mol. The molecule has 0 bridgehead atoms. The molecule has 27 heavy (non-hydrogen) atoms. The maximum Gasteiger partial charge on any atom is 0.251 e. The molecule has 2 amide bonds. The molecule has 0 unspecified atom stereocenters. The van der Waals surface area contributed by atoms with Gasteiger partial charge in [0, 0.05) is 36.3 Å². The fourth-order valence-corrected chi connectivity index (χ4v) is 4.20. The van der Waals surface area contributed by atoms with Crippen molar-refractivity contribution in [2.45, 2.75) is 19.0 Å². The molecule has 140 valence electrons. The van der Waals surface area contributed by atoms with Gasteiger partial charge in [-0.3, -0.25) is 19.4 Å². The second kappa shape index (κ2) is 8.08. The lowest BCUT2D eigenvalue weighted by Crippen LogP contribution is -2.52. The van der Waals surface area contributed by atoms with Crippen molar-refractivity contribution in [2.75, 3.05) is 31.1 Å². The quantitative estimate of drug-likeness (QED) is 0.504. The highest BCUT2D eigenvalue weighted by Crippen LogP contribution is 2.27. The highest BCUT2D eigenvalue weighted by molar-refractivity contribution is 14.1. The zero-order chi connectivity index (χ0) is 18.8. The number of benzene rings is 2. The Balaban J connectivity index is 1.38. The first kappa shape index (κ1) is 18.6. The van der Waals surface area contributed by atoms with Crippen molar-refractivity contribution in [3.05, 3.63) is 63.7 Å². The van der Waals surface area contributed by atoms with Gasteiger partial charge in [-0.05, 0) is 52.4 Å². The summed E-state index contributed by atoms with van der Waals surface area (Å²) in [7, 11) is 0. The van der Waals surface area contributed by atoms with Gasteiger partial charge >= 0.3 is 0 Å². The molecule has 1 atom stereocenters. The van der Waals surface area contributed by atoms with E-state index in [1.807, 2.05) is 30.3 Å². The van der Waals surface area contributed by atoms with Crippen LogP contribution >= 0.6 is 22.6 Å².